The number of aromatic nitrogens is 2. The van der Waals surface area contributed by atoms with Crippen LogP contribution in [-0.4, -0.2) is 4.98 Å². The summed E-state index contributed by atoms with van der Waals surface area (Å²) in [6, 6.07) is 11.8. The van der Waals surface area contributed by atoms with E-state index in [0.717, 1.165) is 0 Å². The highest BCUT2D eigenvalue weighted by Crippen LogP contribution is 2.29. The van der Waals surface area contributed by atoms with Crippen molar-refractivity contribution in [3.05, 3.63) is 54.6 Å². The molecule has 0 amide bonds. The molecular weight excluding hydrogens is 448 g/mol. The fraction of sp³-hybridized carbons (Fsp3) is 0.743. The Balaban J connectivity index is 1.66. The maximum atomic E-state index is 3.32. The molecule has 1 N–H and O–H groups in total. The van der Waals surface area contributed by atoms with Crippen LogP contribution in [0, 0.1) is 5.92 Å². The molecule has 2 unspecified atom stereocenters. The first-order chi connectivity index (χ1) is 18.3. The van der Waals surface area contributed by atoms with E-state index in [1.807, 2.05) is 0 Å². The second-order valence-corrected chi connectivity index (χ2v) is 11.7. The van der Waals surface area contributed by atoms with Gasteiger partial charge in [-0.1, -0.05) is 160 Å². The zero-order chi connectivity index (χ0) is 26.2. The smallest absolute Gasteiger partial charge is 0.241 e. The topological polar surface area (TPSA) is 19.7 Å². The SMILES string of the molecule is CCCCCCCCCCCCCCCCCC(C(CCCCCC)Cc1ccccc1)[n+]1cc[nH]c1. The average molecular weight is 510 g/mol. The zero-order valence-electron chi connectivity index (χ0n) is 24.8. The maximum absolute atomic E-state index is 3.32. The highest BCUT2D eigenvalue weighted by Gasteiger charge is 2.26. The lowest BCUT2D eigenvalue weighted by Gasteiger charge is -2.25. The summed E-state index contributed by atoms with van der Waals surface area (Å²) < 4.78 is 2.48. The molecule has 0 aliphatic heterocycles. The van der Waals surface area contributed by atoms with E-state index in [4.69, 9.17) is 0 Å². The summed E-state index contributed by atoms with van der Waals surface area (Å²) in [7, 11) is 0. The molecule has 0 saturated carbocycles. The average Bonchev–Trinajstić information content (AvgIpc) is 3.46. The summed E-state index contributed by atoms with van der Waals surface area (Å²) in [5.41, 5.74) is 1.50. The van der Waals surface area contributed by atoms with Gasteiger partial charge in [0.25, 0.3) is 0 Å². The van der Waals surface area contributed by atoms with Crippen molar-refractivity contribution in [2.24, 2.45) is 5.92 Å². The Morgan fingerprint density at radius 1 is 0.595 bits per heavy atom. The molecule has 2 nitrogen and oxygen atoms in total. The van der Waals surface area contributed by atoms with Crippen molar-refractivity contribution in [1.29, 1.82) is 0 Å². The van der Waals surface area contributed by atoms with Crippen molar-refractivity contribution in [3.63, 3.8) is 0 Å². The molecule has 1 aromatic heterocycles. The molecule has 0 aliphatic carbocycles. The molecule has 2 aromatic rings. The van der Waals surface area contributed by atoms with Gasteiger partial charge < -0.3 is 0 Å². The van der Waals surface area contributed by atoms with Gasteiger partial charge in [0.15, 0.2) is 0 Å². The van der Waals surface area contributed by atoms with Gasteiger partial charge in [0.2, 0.25) is 6.33 Å². The molecule has 37 heavy (non-hydrogen) atoms. The Kier molecular flexibility index (Phi) is 19.2. The van der Waals surface area contributed by atoms with E-state index in [1.165, 1.54) is 147 Å². The first-order valence-corrected chi connectivity index (χ1v) is 16.4. The van der Waals surface area contributed by atoms with Gasteiger partial charge in [-0.2, -0.15) is 0 Å². The van der Waals surface area contributed by atoms with Gasteiger partial charge in [0, 0.05) is 5.92 Å². The van der Waals surface area contributed by atoms with Gasteiger partial charge in [0.1, 0.15) is 18.4 Å². The molecule has 1 heterocycles. The van der Waals surface area contributed by atoms with Crippen molar-refractivity contribution in [2.45, 2.75) is 161 Å². The van der Waals surface area contributed by atoms with Gasteiger partial charge in [0.05, 0.1) is 0 Å². The van der Waals surface area contributed by atoms with Crippen LogP contribution < -0.4 is 4.57 Å². The monoisotopic (exact) mass is 509 g/mol. The highest BCUT2D eigenvalue weighted by atomic mass is 15.1. The lowest BCUT2D eigenvalue weighted by Crippen LogP contribution is -2.42. The molecule has 210 valence electrons. The summed E-state index contributed by atoms with van der Waals surface area (Å²) in [6.07, 6.45) is 37.4. The van der Waals surface area contributed by atoms with Crippen LogP contribution in [0.4, 0.5) is 0 Å². The normalized spacial score (nSPS) is 13.1. The summed E-state index contributed by atoms with van der Waals surface area (Å²) in [6.45, 7) is 4.62. The third kappa shape index (κ3) is 15.4. The van der Waals surface area contributed by atoms with E-state index in [-0.39, 0.29) is 0 Å². The standard InChI is InChI=1S/C35H60N2/c1-3-5-7-9-10-11-12-13-14-15-16-17-18-19-24-28-35(37-30-29-36-32-37)34(27-23-8-6-4-2)31-33-25-21-20-22-26-33/h20-22,25-26,29-30,32,34-35H,3-19,23-24,27-28,31H2,1-2H3/p+1. The predicted molar refractivity (Wildman–Crippen MR) is 162 cm³/mol. The first-order valence-electron chi connectivity index (χ1n) is 16.4. The van der Waals surface area contributed by atoms with Gasteiger partial charge >= 0.3 is 0 Å². The Morgan fingerprint density at radius 2 is 1.08 bits per heavy atom. The number of rotatable bonds is 25. The largest absolute Gasteiger partial charge is 0.250 e. The minimum absolute atomic E-state index is 0.607. The van der Waals surface area contributed by atoms with Crippen LogP contribution >= 0.6 is 0 Å². The van der Waals surface area contributed by atoms with Crippen LogP contribution in [0.5, 0.6) is 0 Å². The number of nitrogens with one attached hydrogen (secondary N) is 1. The van der Waals surface area contributed by atoms with Gasteiger partial charge in [-0.25, -0.2) is 4.57 Å². The maximum Gasteiger partial charge on any atom is 0.241 e. The lowest BCUT2D eigenvalue weighted by atomic mass is 9.84. The van der Waals surface area contributed by atoms with Crippen molar-refractivity contribution in [2.75, 3.05) is 0 Å². The second kappa shape index (κ2) is 22.4. The van der Waals surface area contributed by atoms with Gasteiger partial charge in [-0.3, -0.25) is 4.98 Å². The summed E-state index contributed by atoms with van der Waals surface area (Å²) in [5.74, 6) is 0.715. The molecule has 0 spiro atoms. The minimum Gasteiger partial charge on any atom is -0.250 e. The Hall–Kier alpha value is -1.57. The fourth-order valence-corrected chi connectivity index (χ4v) is 6.04. The van der Waals surface area contributed by atoms with Crippen LogP contribution in [0.15, 0.2) is 49.1 Å². The highest BCUT2D eigenvalue weighted by molar-refractivity contribution is 5.15. The Labute approximate surface area is 231 Å². The summed E-state index contributed by atoms with van der Waals surface area (Å²) in [4.78, 5) is 3.32. The van der Waals surface area contributed by atoms with E-state index in [0.29, 0.717) is 12.0 Å². The van der Waals surface area contributed by atoms with E-state index in [9.17, 15) is 0 Å². The summed E-state index contributed by atoms with van der Waals surface area (Å²) in [5, 5.41) is 0. The van der Waals surface area contributed by atoms with Crippen LogP contribution in [0.25, 0.3) is 0 Å². The van der Waals surface area contributed by atoms with Crippen LogP contribution in [0.3, 0.4) is 0 Å². The van der Waals surface area contributed by atoms with Crippen LogP contribution in [0.1, 0.15) is 160 Å². The number of unbranched alkanes of at least 4 members (excludes halogenated alkanes) is 17. The van der Waals surface area contributed by atoms with Crippen molar-refractivity contribution >= 4 is 0 Å². The molecular formula is C35H61N2+. The molecule has 2 heteroatoms. The molecule has 2 rings (SSSR count). The van der Waals surface area contributed by atoms with Gasteiger partial charge in [-0.15, -0.1) is 0 Å². The Morgan fingerprint density at radius 3 is 1.59 bits per heavy atom. The molecule has 1 aromatic carbocycles. The third-order valence-electron chi connectivity index (χ3n) is 8.37. The molecule has 0 aliphatic rings. The van der Waals surface area contributed by atoms with Crippen LogP contribution in [0.2, 0.25) is 0 Å². The number of hydrogen-bond donors (Lipinski definition) is 1. The third-order valence-corrected chi connectivity index (χ3v) is 8.37. The number of H-pyrrole nitrogens is 1. The second-order valence-electron chi connectivity index (χ2n) is 11.7. The number of hydrogen-bond acceptors (Lipinski definition) is 0. The van der Waals surface area contributed by atoms with E-state index in [1.54, 1.807) is 0 Å². The first kappa shape index (κ1) is 31.6. The quantitative estimate of drug-likeness (QED) is 0.101. The molecule has 0 bridgehead atoms. The fourth-order valence-electron chi connectivity index (χ4n) is 6.04. The summed E-state index contributed by atoms with van der Waals surface area (Å²) >= 11 is 0. The predicted octanol–water partition coefficient (Wildman–Crippen LogP) is 10.9. The minimum atomic E-state index is 0.607. The zero-order valence-corrected chi connectivity index (χ0v) is 24.8. The van der Waals surface area contributed by atoms with Crippen LogP contribution in [-0.2, 0) is 6.42 Å². The molecule has 0 saturated heterocycles. The Bertz CT molecular complexity index is 708. The number of imidazole rings is 1. The van der Waals surface area contributed by atoms with Crippen molar-refractivity contribution in [3.8, 4) is 0 Å². The molecule has 0 fully saturated rings. The van der Waals surface area contributed by atoms with E-state index in [2.05, 4.69) is 72.5 Å². The van der Waals surface area contributed by atoms with E-state index >= 15 is 0 Å². The van der Waals surface area contributed by atoms with E-state index < -0.39 is 0 Å². The lowest BCUT2D eigenvalue weighted by molar-refractivity contribution is -0.730. The number of nitrogens with zero attached hydrogens (tertiary/aromatic N) is 1. The number of benzene rings is 1. The van der Waals surface area contributed by atoms with Crippen molar-refractivity contribution in [1.82, 2.24) is 4.98 Å². The molecule has 0 radical (unpaired) electrons. The van der Waals surface area contributed by atoms with Crippen molar-refractivity contribution < 1.29 is 4.57 Å². The number of aromatic amines is 1. The van der Waals surface area contributed by atoms with Gasteiger partial charge in [-0.05, 0) is 31.2 Å². The molecule has 2 atom stereocenters.